The minimum absolute atomic E-state index is 0.101. The van der Waals surface area contributed by atoms with Gasteiger partial charge in [-0.1, -0.05) is 347 Å². The zero-order chi connectivity index (χ0) is 73.2. The van der Waals surface area contributed by atoms with Gasteiger partial charge in [-0.15, -0.1) is 0 Å². The summed E-state index contributed by atoms with van der Waals surface area (Å²) < 4.78 is 68.7. The molecule has 0 aliphatic heterocycles. The summed E-state index contributed by atoms with van der Waals surface area (Å²) in [6.45, 7) is 4.95. The van der Waals surface area contributed by atoms with Gasteiger partial charge >= 0.3 is 39.5 Å². The number of esters is 4. The lowest BCUT2D eigenvalue weighted by Gasteiger charge is -2.21. The quantitative estimate of drug-likeness (QED) is 0.0169. The maximum Gasteiger partial charge on any atom is 0.472 e. The normalized spacial score (nSPS) is 14.0. The van der Waals surface area contributed by atoms with E-state index in [1.165, 1.54) is 193 Å². The van der Waals surface area contributed by atoms with E-state index in [4.69, 9.17) is 37.0 Å². The first-order valence-corrected chi connectivity index (χ1v) is 44.2. The van der Waals surface area contributed by atoms with Crippen LogP contribution < -0.4 is 0 Å². The smallest absolute Gasteiger partial charge is 0.462 e. The first-order chi connectivity index (χ1) is 48.7. The molecule has 0 radical (unpaired) electrons. The van der Waals surface area contributed by atoms with E-state index in [0.717, 1.165) is 128 Å². The molecule has 0 aliphatic carbocycles. The molecule has 588 valence electrons. The van der Waals surface area contributed by atoms with E-state index in [1.54, 1.807) is 0 Å². The Kier molecular flexibility index (Phi) is 72.5. The molecule has 0 bridgehead atoms. The van der Waals surface area contributed by atoms with Crippen molar-refractivity contribution in [3.05, 3.63) is 36.5 Å². The fourth-order valence-corrected chi connectivity index (χ4v) is 13.4. The van der Waals surface area contributed by atoms with E-state index >= 15 is 0 Å². The highest BCUT2D eigenvalue weighted by molar-refractivity contribution is 7.47. The van der Waals surface area contributed by atoms with Crippen molar-refractivity contribution in [2.24, 2.45) is 0 Å². The van der Waals surface area contributed by atoms with Crippen molar-refractivity contribution in [3.8, 4) is 0 Å². The third-order valence-electron chi connectivity index (χ3n) is 18.1. The van der Waals surface area contributed by atoms with Crippen molar-refractivity contribution >= 4 is 39.5 Å². The van der Waals surface area contributed by atoms with Crippen molar-refractivity contribution in [2.45, 2.75) is 418 Å². The van der Waals surface area contributed by atoms with E-state index < -0.39 is 97.5 Å². The Balaban J connectivity index is 5.29. The summed E-state index contributed by atoms with van der Waals surface area (Å²) in [4.78, 5) is 73.0. The lowest BCUT2D eigenvalue weighted by atomic mass is 10.0. The summed E-state index contributed by atoms with van der Waals surface area (Å²) >= 11 is 0. The van der Waals surface area contributed by atoms with Crippen LogP contribution in [0.2, 0.25) is 0 Å². The molecule has 0 fully saturated rings. The molecule has 0 saturated carbocycles. The van der Waals surface area contributed by atoms with Crippen LogP contribution in [0, 0.1) is 0 Å². The number of carbonyl (C=O) groups is 4. The van der Waals surface area contributed by atoms with Crippen LogP contribution >= 0.6 is 15.6 Å². The number of phosphoric acid groups is 2. The lowest BCUT2D eigenvalue weighted by molar-refractivity contribution is -0.161. The van der Waals surface area contributed by atoms with Crippen LogP contribution in [0.5, 0.6) is 0 Å². The van der Waals surface area contributed by atoms with Gasteiger partial charge < -0.3 is 33.8 Å². The van der Waals surface area contributed by atoms with Gasteiger partial charge in [0.05, 0.1) is 26.4 Å². The second kappa shape index (κ2) is 74.5. The molecular weight excluding hydrogens is 1310 g/mol. The van der Waals surface area contributed by atoms with Gasteiger partial charge in [0, 0.05) is 25.7 Å². The van der Waals surface area contributed by atoms with Gasteiger partial charge in [-0.3, -0.25) is 37.3 Å². The van der Waals surface area contributed by atoms with Gasteiger partial charge in [0.2, 0.25) is 0 Å². The number of hydrogen-bond donors (Lipinski definition) is 3. The van der Waals surface area contributed by atoms with Gasteiger partial charge in [0.25, 0.3) is 0 Å². The van der Waals surface area contributed by atoms with E-state index in [9.17, 15) is 43.2 Å². The monoisotopic (exact) mass is 1460 g/mol. The summed E-state index contributed by atoms with van der Waals surface area (Å²) in [5, 5.41) is 10.6. The predicted molar refractivity (Wildman–Crippen MR) is 409 cm³/mol. The third kappa shape index (κ3) is 73.6. The zero-order valence-corrected chi connectivity index (χ0v) is 66.2. The Morgan fingerprint density at radius 2 is 0.490 bits per heavy atom. The molecule has 0 aromatic rings. The number of phosphoric ester groups is 2. The van der Waals surface area contributed by atoms with E-state index in [1.807, 2.05) is 0 Å². The molecule has 0 rings (SSSR count). The van der Waals surface area contributed by atoms with E-state index in [0.29, 0.717) is 25.7 Å². The lowest BCUT2D eigenvalue weighted by Crippen LogP contribution is -2.30. The van der Waals surface area contributed by atoms with Crippen LogP contribution in [-0.2, 0) is 65.4 Å². The molecule has 17 nitrogen and oxygen atoms in total. The minimum atomic E-state index is -4.97. The molecule has 3 N–H and O–H groups in total. The highest BCUT2D eigenvalue weighted by atomic mass is 31.2. The summed E-state index contributed by atoms with van der Waals surface area (Å²) in [5.41, 5.74) is 0. The van der Waals surface area contributed by atoms with Crippen LogP contribution in [0.15, 0.2) is 36.5 Å². The molecular formula is C81H152O17P2. The van der Waals surface area contributed by atoms with E-state index in [2.05, 4.69) is 64.2 Å². The van der Waals surface area contributed by atoms with Gasteiger partial charge in [-0.2, -0.15) is 0 Å². The van der Waals surface area contributed by atoms with Crippen molar-refractivity contribution < 1.29 is 80.2 Å². The third-order valence-corrected chi connectivity index (χ3v) is 20.0. The molecule has 0 aliphatic rings. The Morgan fingerprint density at radius 3 is 0.770 bits per heavy atom. The Hall–Kier alpha value is -2.72. The molecule has 19 heteroatoms. The second-order valence-electron chi connectivity index (χ2n) is 28.1. The first kappa shape index (κ1) is 97.3. The summed E-state index contributed by atoms with van der Waals surface area (Å²) in [7, 11) is -9.93. The van der Waals surface area contributed by atoms with Crippen molar-refractivity contribution in [1.29, 1.82) is 0 Å². The number of unbranched alkanes of at least 4 members (excludes halogenated alkanes) is 47. The van der Waals surface area contributed by atoms with Gasteiger partial charge in [0.15, 0.2) is 12.2 Å². The predicted octanol–water partition coefficient (Wildman–Crippen LogP) is 23.9. The van der Waals surface area contributed by atoms with Gasteiger partial charge in [-0.25, -0.2) is 9.13 Å². The number of allylic oxidation sites excluding steroid dienone is 6. The largest absolute Gasteiger partial charge is 0.472 e. The average molecular weight is 1460 g/mol. The maximum absolute atomic E-state index is 13.1. The Morgan fingerprint density at radius 1 is 0.280 bits per heavy atom. The fourth-order valence-electron chi connectivity index (χ4n) is 11.8. The van der Waals surface area contributed by atoms with Crippen LogP contribution in [0.4, 0.5) is 0 Å². The molecule has 100 heavy (non-hydrogen) atoms. The SMILES string of the molecule is CCCCC/C=C\C/C=C\C/C=C\CCCCCCCCC(=O)OCC(COP(=O)(O)OCC(O)COP(=O)(O)OCC(COC(=O)CCCCCCCCCCCCCCC)OC(=O)CCCCCCCCCCCCCCC)OC(=O)CCCCCCCCCCCCCCCCC. The molecule has 0 heterocycles. The van der Waals surface area contributed by atoms with Crippen LogP contribution in [0.1, 0.15) is 400 Å². The van der Waals surface area contributed by atoms with Crippen molar-refractivity contribution in [1.82, 2.24) is 0 Å². The number of aliphatic hydroxyl groups excluding tert-OH is 1. The zero-order valence-electron chi connectivity index (χ0n) is 64.4. The Bertz CT molecular complexity index is 2040. The summed E-state index contributed by atoms with van der Waals surface area (Å²) in [5.74, 6) is -2.13. The van der Waals surface area contributed by atoms with Gasteiger partial charge in [0.1, 0.15) is 19.3 Å². The molecule has 0 spiro atoms. The molecule has 5 atom stereocenters. The number of ether oxygens (including phenoxy) is 4. The minimum Gasteiger partial charge on any atom is -0.462 e. The summed E-state index contributed by atoms with van der Waals surface area (Å²) in [6, 6.07) is 0. The average Bonchev–Trinajstić information content (AvgIpc) is 0.946. The highest BCUT2D eigenvalue weighted by Crippen LogP contribution is 2.45. The maximum atomic E-state index is 13.1. The van der Waals surface area contributed by atoms with Crippen molar-refractivity contribution in [2.75, 3.05) is 39.6 Å². The molecule has 0 amide bonds. The molecule has 5 unspecified atom stereocenters. The second-order valence-corrected chi connectivity index (χ2v) is 31.0. The highest BCUT2D eigenvalue weighted by Gasteiger charge is 2.30. The van der Waals surface area contributed by atoms with E-state index in [-0.39, 0.29) is 25.7 Å². The molecule has 0 aromatic carbocycles. The summed E-state index contributed by atoms with van der Waals surface area (Å²) in [6.07, 6.45) is 71.1. The number of hydrogen-bond acceptors (Lipinski definition) is 15. The van der Waals surface area contributed by atoms with Crippen LogP contribution in [0.3, 0.4) is 0 Å². The Labute approximate surface area is 611 Å². The number of rotatable bonds is 79. The topological polar surface area (TPSA) is 237 Å². The van der Waals surface area contributed by atoms with Crippen molar-refractivity contribution in [3.63, 3.8) is 0 Å². The number of carbonyl (C=O) groups excluding carboxylic acids is 4. The van der Waals surface area contributed by atoms with Crippen LogP contribution in [0.25, 0.3) is 0 Å². The molecule has 0 saturated heterocycles. The standard InChI is InChI=1S/C81H152O17P2/c1-5-9-13-17-21-25-29-33-35-36-37-38-40-43-46-50-54-58-62-66-79(84)92-72-77(98-81(86)68-64-60-56-52-48-44-39-34-30-26-22-18-14-10-6-2)74-96-100(89,90)94-70-75(82)69-93-99(87,88)95-73-76(97-80(85)67-63-59-55-51-47-42-32-28-24-20-16-12-8-4)71-91-78(83)65-61-57-53-49-45-41-31-27-23-19-15-11-7-3/h21,25,33,35,37-38,75-77,82H,5-20,22-24,26-32,34,36,39-74H2,1-4H3,(H,87,88)(H,89,90)/b25-21-,35-33-,38-37-. The first-order valence-electron chi connectivity index (χ1n) is 41.2. The fraction of sp³-hybridized carbons (Fsp3) is 0.877. The van der Waals surface area contributed by atoms with Crippen LogP contribution in [-0.4, -0.2) is 96.7 Å². The number of aliphatic hydroxyl groups is 1. The molecule has 0 aromatic heterocycles. The van der Waals surface area contributed by atoms with Gasteiger partial charge in [-0.05, 0) is 64.2 Å².